The molecule has 17 heavy (non-hydrogen) atoms. The number of hydrogen-bond donors (Lipinski definition) is 2. The minimum absolute atomic E-state index is 0.0747. The maximum atomic E-state index is 9.78. The van der Waals surface area contributed by atoms with Gasteiger partial charge in [-0.15, -0.1) is 0 Å². The second kappa shape index (κ2) is 5.68. The Balaban J connectivity index is 2.59. The Morgan fingerprint density at radius 3 is 2.18 bits per heavy atom. The van der Waals surface area contributed by atoms with Crippen molar-refractivity contribution in [3.05, 3.63) is 0 Å². The van der Waals surface area contributed by atoms with E-state index in [1.54, 1.807) is 0 Å². The highest BCUT2D eigenvalue weighted by Gasteiger charge is 2.44. The summed E-state index contributed by atoms with van der Waals surface area (Å²) in [6.45, 7) is 12.1. The van der Waals surface area contributed by atoms with Crippen LogP contribution >= 0.6 is 0 Å². The van der Waals surface area contributed by atoms with E-state index in [0.29, 0.717) is 11.3 Å². The zero-order valence-corrected chi connectivity index (χ0v) is 12.2. The molecule has 0 aromatic heterocycles. The van der Waals surface area contributed by atoms with Crippen molar-refractivity contribution in [3.63, 3.8) is 0 Å². The fourth-order valence-electron chi connectivity index (χ4n) is 2.90. The van der Waals surface area contributed by atoms with Crippen LogP contribution in [0.4, 0.5) is 0 Å². The normalized spacial score (nSPS) is 20.6. The third kappa shape index (κ3) is 4.57. The van der Waals surface area contributed by atoms with E-state index in [4.69, 9.17) is 0 Å². The molecule has 0 amide bonds. The molecule has 0 heterocycles. The summed E-state index contributed by atoms with van der Waals surface area (Å²) in [6, 6.07) is 0. The topological polar surface area (TPSA) is 35.5 Å². The lowest BCUT2D eigenvalue weighted by Gasteiger charge is -2.38. The SMILES string of the molecule is CCNC(CO)(CN(C)CC(C)(C)C)C1CC1. The Morgan fingerprint density at radius 1 is 1.24 bits per heavy atom. The lowest BCUT2D eigenvalue weighted by Crippen LogP contribution is -2.58. The average molecular weight is 242 g/mol. The van der Waals surface area contributed by atoms with Crippen molar-refractivity contribution in [1.82, 2.24) is 10.2 Å². The number of aliphatic hydroxyl groups excluding tert-OH is 1. The molecule has 0 aromatic rings. The zero-order chi connectivity index (χ0) is 13.1. The number of likely N-dealkylation sites (N-methyl/N-ethyl adjacent to an activating group) is 2. The molecule has 1 aliphatic rings. The fourth-order valence-corrected chi connectivity index (χ4v) is 2.90. The summed E-state index contributed by atoms with van der Waals surface area (Å²) < 4.78 is 0. The molecule has 0 aliphatic heterocycles. The van der Waals surface area contributed by atoms with Crippen LogP contribution in [0.3, 0.4) is 0 Å². The van der Waals surface area contributed by atoms with E-state index < -0.39 is 0 Å². The van der Waals surface area contributed by atoms with Crippen LogP contribution in [0.2, 0.25) is 0 Å². The third-order valence-corrected chi connectivity index (χ3v) is 3.47. The van der Waals surface area contributed by atoms with Gasteiger partial charge in [-0.2, -0.15) is 0 Å². The van der Waals surface area contributed by atoms with E-state index in [1.807, 2.05) is 0 Å². The van der Waals surface area contributed by atoms with Crippen LogP contribution in [0, 0.1) is 11.3 Å². The molecule has 0 radical (unpaired) electrons. The lowest BCUT2D eigenvalue weighted by molar-refractivity contribution is 0.0887. The molecule has 102 valence electrons. The molecule has 2 N–H and O–H groups in total. The van der Waals surface area contributed by atoms with Crippen LogP contribution in [-0.2, 0) is 0 Å². The van der Waals surface area contributed by atoms with Crippen molar-refractivity contribution in [2.75, 3.05) is 33.3 Å². The quantitative estimate of drug-likeness (QED) is 0.713. The maximum absolute atomic E-state index is 9.78. The minimum atomic E-state index is -0.0747. The number of nitrogens with zero attached hydrogens (tertiary/aromatic N) is 1. The monoisotopic (exact) mass is 242 g/mol. The molecule has 3 heteroatoms. The van der Waals surface area contributed by atoms with Crippen molar-refractivity contribution in [2.24, 2.45) is 11.3 Å². The first-order valence-electron chi connectivity index (χ1n) is 6.87. The van der Waals surface area contributed by atoms with Crippen LogP contribution in [0.15, 0.2) is 0 Å². The van der Waals surface area contributed by atoms with Crippen LogP contribution in [0.5, 0.6) is 0 Å². The van der Waals surface area contributed by atoms with Gasteiger partial charge >= 0.3 is 0 Å². The van der Waals surface area contributed by atoms with Gasteiger partial charge in [0.2, 0.25) is 0 Å². The van der Waals surface area contributed by atoms with E-state index >= 15 is 0 Å². The zero-order valence-electron chi connectivity index (χ0n) is 12.2. The molecule has 1 aliphatic carbocycles. The third-order valence-electron chi connectivity index (χ3n) is 3.47. The van der Waals surface area contributed by atoms with E-state index in [-0.39, 0.29) is 12.1 Å². The summed E-state index contributed by atoms with van der Waals surface area (Å²) in [5, 5.41) is 13.3. The van der Waals surface area contributed by atoms with Crippen molar-refractivity contribution in [2.45, 2.75) is 46.1 Å². The maximum Gasteiger partial charge on any atom is 0.0628 e. The highest BCUT2D eigenvalue weighted by atomic mass is 16.3. The summed E-state index contributed by atoms with van der Waals surface area (Å²) in [7, 11) is 2.16. The van der Waals surface area contributed by atoms with Crippen molar-refractivity contribution in [3.8, 4) is 0 Å². The summed E-state index contributed by atoms with van der Waals surface area (Å²) in [6.07, 6.45) is 2.52. The van der Waals surface area contributed by atoms with Gasteiger partial charge in [0, 0.05) is 13.1 Å². The van der Waals surface area contributed by atoms with E-state index in [0.717, 1.165) is 19.6 Å². The van der Waals surface area contributed by atoms with Gasteiger partial charge in [0.05, 0.1) is 12.1 Å². The predicted molar refractivity (Wildman–Crippen MR) is 73.2 cm³/mol. The standard InChI is InChI=1S/C14H30N2O/c1-6-15-14(11-17,12-7-8-12)10-16(5)9-13(2,3)4/h12,15,17H,6-11H2,1-5H3. The molecule has 0 saturated heterocycles. The molecule has 1 saturated carbocycles. The molecule has 0 bridgehead atoms. The molecule has 1 atom stereocenters. The fraction of sp³-hybridized carbons (Fsp3) is 1.00. The molecular formula is C14H30N2O. The second-order valence-corrected chi connectivity index (χ2v) is 6.85. The van der Waals surface area contributed by atoms with E-state index in [1.165, 1.54) is 12.8 Å². The number of nitrogens with one attached hydrogen (secondary N) is 1. The average Bonchev–Trinajstić information content (AvgIpc) is 2.97. The van der Waals surface area contributed by atoms with E-state index in [9.17, 15) is 5.11 Å². The Bertz CT molecular complexity index is 233. The first kappa shape index (κ1) is 14.9. The lowest BCUT2D eigenvalue weighted by atomic mass is 9.91. The molecule has 3 nitrogen and oxygen atoms in total. The van der Waals surface area contributed by atoms with Gasteiger partial charge in [-0.25, -0.2) is 0 Å². The Hall–Kier alpha value is -0.120. The smallest absolute Gasteiger partial charge is 0.0628 e. The largest absolute Gasteiger partial charge is 0.394 e. The predicted octanol–water partition coefficient (Wildman–Crippen LogP) is 1.71. The summed E-state index contributed by atoms with van der Waals surface area (Å²) in [4.78, 5) is 2.36. The van der Waals surface area contributed by atoms with Crippen LogP contribution < -0.4 is 5.32 Å². The highest BCUT2D eigenvalue weighted by molar-refractivity contribution is 5.02. The van der Waals surface area contributed by atoms with Crippen LogP contribution in [0.25, 0.3) is 0 Å². The summed E-state index contributed by atoms with van der Waals surface area (Å²) in [5.41, 5.74) is 0.237. The molecular weight excluding hydrogens is 212 g/mol. The molecule has 0 aromatic carbocycles. The molecule has 1 fully saturated rings. The first-order valence-corrected chi connectivity index (χ1v) is 6.87. The molecule has 1 unspecified atom stereocenters. The first-order chi connectivity index (χ1) is 7.83. The van der Waals surface area contributed by atoms with Crippen LogP contribution in [-0.4, -0.2) is 48.8 Å². The van der Waals surface area contributed by atoms with Crippen molar-refractivity contribution < 1.29 is 5.11 Å². The van der Waals surface area contributed by atoms with Gasteiger partial charge in [0.25, 0.3) is 0 Å². The van der Waals surface area contributed by atoms with Gasteiger partial charge in [-0.05, 0) is 37.8 Å². The summed E-state index contributed by atoms with van der Waals surface area (Å²) >= 11 is 0. The second-order valence-electron chi connectivity index (χ2n) is 6.85. The van der Waals surface area contributed by atoms with E-state index in [2.05, 4.69) is 45.0 Å². The van der Waals surface area contributed by atoms with Gasteiger partial charge in [-0.1, -0.05) is 27.7 Å². The van der Waals surface area contributed by atoms with Crippen LogP contribution in [0.1, 0.15) is 40.5 Å². The highest BCUT2D eigenvalue weighted by Crippen LogP contribution is 2.40. The van der Waals surface area contributed by atoms with Crippen molar-refractivity contribution >= 4 is 0 Å². The summed E-state index contributed by atoms with van der Waals surface area (Å²) in [5.74, 6) is 0.662. The number of aliphatic hydroxyl groups is 1. The van der Waals surface area contributed by atoms with Gasteiger partial charge in [0.1, 0.15) is 0 Å². The minimum Gasteiger partial charge on any atom is -0.394 e. The Labute approximate surface area is 107 Å². The Kier molecular flexibility index (Phi) is 4.99. The number of hydrogen-bond acceptors (Lipinski definition) is 3. The van der Waals surface area contributed by atoms with Crippen molar-refractivity contribution in [1.29, 1.82) is 0 Å². The molecule has 1 rings (SSSR count). The molecule has 0 spiro atoms. The van der Waals surface area contributed by atoms with Gasteiger partial charge < -0.3 is 15.3 Å². The Morgan fingerprint density at radius 2 is 1.82 bits per heavy atom. The number of rotatable bonds is 7. The van der Waals surface area contributed by atoms with Gasteiger partial charge in [0.15, 0.2) is 0 Å². The van der Waals surface area contributed by atoms with Gasteiger partial charge in [-0.3, -0.25) is 0 Å².